The maximum absolute atomic E-state index is 13.0. The number of aliphatic carboxylic acids is 1. The lowest BCUT2D eigenvalue weighted by atomic mass is 9.33. The molecule has 11 nitrogen and oxygen atoms in total. The van der Waals surface area contributed by atoms with Crippen LogP contribution in [0.25, 0.3) is 0 Å². The predicted molar refractivity (Wildman–Crippen MR) is 191 cm³/mol. The number of rotatable bonds is 5. The van der Waals surface area contributed by atoms with Crippen molar-refractivity contribution in [2.45, 2.75) is 181 Å². The Balaban J connectivity index is 1.10. The molecule has 0 aromatic carbocycles. The highest BCUT2D eigenvalue weighted by molar-refractivity contribution is 5.76. The van der Waals surface area contributed by atoms with E-state index in [1.54, 1.807) is 6.92 Å². The molecule has 52 heavy (non-hydrogen) atoms. The quantitative estimate of drug-likeness (QED) is 0.173. The van der Waals surface area contributed by atoms with Crippen molar-refractivity contribution in [1.29, 1.82) is 0 Å². The molecule has 17 unspecified atom stereocenters. The number of carboxylic acids is 1. The number of aliphatic hydroxyl groups is 5. The maximum atomic E-state index is 13.0. The molecule has 7 aliphatic rings. The molecule has 0 aromatic heterocycles. The van der Waals surface area contributed by atoms with Gasteiger partial charge in [0.2, 0.25) is 0 Å². The van der Waals surface area contributed by atoms with Gasteiger partial charge in [-0.25, -0.2) is 0 Å². The third-order valence-electron chi connectivity index (χ3n) is 16.8. The van der Waals surface area contributed by atoms with Crippen LogP contribution >= 0.6 is 0 Å². The van der Waals surface area contributed by atoms with Gasteiger partial charge in [0.15, 0.2) is 12.6 Å². The van der Waals surface area contributed by atoms with Crippen LogP contribution in [0.4, 0.5) is 0 Å². The Morgan fingerprint density at radius 3 is 2.17 bits per heavy atom. The van der Waals surface area contributed by atoms with Crippen LogP contribution in [0.15, 0.2) is 11.6 Å². The van der Waals surface area contributed by atoms with Gasteiger partial charge < -0.3 is 49.6 Å². The number of hydrogen-bond acceptors (Lipinski definition) is 10. The second-order valence-electron chi connectivity index (χ2n) is 20.2. The minimum absolute atomic E-state index is 0.0268. The van der Waals surface area contributed by atoms with Gasteiger partial charge >= 0.3 is 5.97 Å². The Morgan fingerprint density at radius 1 is 0.788 bits per heavy atom. The smallest absolute Gasteiger partial charge is 0.310 e. The number of fused-ring (bicyclic) bond motifs is 7. The molecule has 0 bridgehead atoms. The molecular formula is C41H66O11. The van der Waals surface area contributed by atoms with Crippen molar-refractivity contribution in [3.8, 4) is 0 Å². The third kappa shape index (κ3) is 5.64. The summed E-state index contributed by atoms with van der Waals surface area (Å²) in [6.07, 6.45) is -0.141. The third-order valence-corrected chi connectivity index (χ3v) is 16.8. The molecule has 17 atom stereocenters. The van der Waals surface area contributed by atoms with Crippen molar-refractivity contribution < 1.29 is 54.4 Å². The molecule has 0 aromatic rings. The average Bonchev–Trinajstić information content (AvgIpc) is 3.06. The van der Waals surface area contributed by atoms with Crippen molar-refractivity contribution in [1.82, 2.24) is 0 Å². The Kier molecular flexibility index (Phi) is 9.74. The zero-order valence-corrected chi connectivity index (χ0v) is 32.6. The van der Waals surface area contributed by atoms with Crippen molar-refractivity contribution in [2.24, 2.45) is 50.2 Å². The Labute approximate surface area is 309 Å². The van der Waals surface area contributed by atoms with E-state index in [1.807, 2.05) is 0 Å². The number of allylic oxidation sites excluding steroid dienone is 2. The first-order chi connectivity index (χ1) is 24.1. The summed E-state index contributed by atoms with van der Waals surface area (Å²) in [6, 6.07) is 0. The fourth-order valence-corrected chi connectivity index (χ4v) is 13.3. The number of ether oxygens (including phenoxy) is 4. The van der Waals surface area contributed by atoms with Gasteiger partial charge in [-0.1, -0.05) is 60.1 Å². The molecule has 6 fully saturated rings. The van der Waals surface area contributed by atoms with Crippen molar-refractivity contribution in [2.75, 3.05) is 6.61 Å². The van der Waals surface area contributed by atoms with E-state index in [0.29, 0.717) is 11.8 Å². The fraction of sp³-hybridized carbons (Fsp3) is 0.927. The number of hydrogen-bond donors (Lipinski definition) is 6. The van der Waals surface area contributed by atoms with E-state index in [4.69, 9.17) is 18.9 Å². The zero-order valence-electron chi connectivity index (χ0n) is 32.6. The summed E-state index contributed by atoms with van der Waals surface area (Å²) >= 11 is 0. The van der Waals surface area contributed by atoms with Crippen LogP contribution < -0.4 is 0 Å². The van der Waals surface area contributed by atoms with Crippen LogP contribution in [-0.2, 0) is 23.7 Å². The van der Waals surface area contributed by atoms with Gasteiger partial charge in [-0.05, 0) is 116 Å². The van der Waals surface area contributed by atoms with Gasteiger partial charge in [0.25, 0.3) is 0 Å². The van der Waals surface area contributed by atoms with Crippen LogP contribution in [0, 0.1) is 50.2 Å². The first-order valence-electron chi connectivity index (χ1n) is 20.1. The van der Waals surface area contributed by atoms with Gasteiger partial charge in [0.1, 0.15) is 36.6 Å². The first kappa shape index (κ1) is 39.1. The highest BCUT2D eigenvalue weighted by atomic mass is 16.7. The molecule has 6 N–H and O–H groups in total. The van der Waals surface area contributed by atoms with Crippen LogP contribution in [0.5, 0.6) is 0 Å². The summed E-state index contributed by atoms with van der Waals surface area (Å²) in [5.41, 5.74) is 0.635. The van der Waals surface area contributed by atoms with E-state index >= 15 is 0 Å². The largest absolute Gasteiger partial charge is 0.481 e. The highest BCUT2D eigenvalue weighted by Gasteiger charge is 2.69. The SMILES string of the molecule is CC1OC(OC2C(O)COC(OC3CCC4(C)C(CCC5(C)C4CC=C4C6CC(C)(C)CCC6(C(=O)O)CCC45C)C3(C)C)C2O)C(O)C(O)C1O. The summed E-state index contributed by atoms with van der Waals surface area (Å²) in [5.74, 6) is 0.248. The molecule has 5 aliphatic carbocycles. The van der Waals surface area contributed by atoms with Crippen LogP contribution in [0.2, 0.25) is 0 Å². The molecule has 4 saturated carbocycles. The molecule has 296 valence electrons. The number of aliphatic hydroxyl groups excluding tert-OH is 5. The van der Waals surface area contributed by atoms with E-state index < -0.39 is 66.7 Å². The van der Waals surface area contributed by atoms with Gasteiger partial charge in [-0.2, -0.15) is 0 Å². The van der Waals surface area contributed by atoms with Crippen LogP contribution in [-0.4, -0.2) is 105 Å². The molecule has 0 amide bonds. The molecule has 11 heteroatoms. The molecule has 2 saturated heterocycles. The van der Waals surface area contributed by atoms with E-state index in [9.17, 15) is 35.4 Å². The van der Waals surface area contributed by atoms with Gasteiger partial charge in [0, 0.05) is 0 Å². The number of carbonyl (C=O) groups is 1. The maximum Gasteiger partial charge on any atom is 0.310 e. The van der Waals surface area contributed by atoms with Gasteiger partial charge in [-0.15, -0.1) is 0 Å². The molecule has 2 heterocycles. The lowest BCUT2D eigenvalue weighted by Crippen LogP contribution is -2.66. The first-order valence-corrected chi connectivity index (χ1v) is 20.1. The van der Waals surface area contributed by atoms with Crippen molar-refractivity contribution in [3.63, 3.8) is 0 Å². The molecule has 0 spiro atoms. The normalized spacial score (nSPS) is 54.1. The summed E-state index contributed by atoms with van der Waals surface area (Å²) in [6.45, 7) is 18.1. The van der Waals surface area contributed by atoms with Crippen molar-refractivity contribution >= 4 is 5.97 Å². The Hall–Kier alpha value is -1.15. The molecule has 0 radical (unpaired) electrons. The minimum atomic E-state index is -1.57. The van der Waals surface area contributed by atoms with Crippen LogP contribution in [0.1, 0.15) is 120 Å². The van der Waals surface area contributed by atoms with Gasteiger partial charge in [-0.3, -0.25) is 4.79 Å². The monoisotopic (exact) mass is 734 g/mol. The molecular weight excluding hydrogens is 668 g/mol. The van der Waals surface area contributed by atoms with Gasteiger partial charge in [0.05, 0.1) is 24.2 Å². The number of carboxylic acid groups (broad SMARTS) is 1. The predicted octanol–water partition coefficient (Wildman–Crippen LogP) is 4.55. The second kappa shape index (κ2) is 12.9. The lowest BCUT2D eigenvalue weighted by molar-refractivity contribution is -0.354. The summed E-state index contributed by atoms with van der Waals surface area (Å²) in [4.78, 5) is 13.0. The van der Waals surface area contributed by atoms with E-state index in [2.05, 4.69) is 54.5 Å². The lowest BCUT2D eigenvalue weighted by Gasteiger charge is -2.71. The minimum Gasteiger partial charge on any atom is -0.481 e. The standard InChI is InChI=1S/C41H66O11/c1-21-28(43)29(44)30(45)34(50-21)52-32-24(42)20-49-33(31(32)46)51-27-12-13-38(6)25(37(27,4)5)11-14-40(8)26(38)10-9-22-23-19-36(2,3)15-17-41(23,35(47)48)18-16-39(22,40)7/h9,21,23-34,42-46H,10-20H2,1-8H3,(H,47,48). The topological polar surface area (TPSA) is 175 Å². The average molecular weight is 735 g/mol. The second-order valence-corrected chi connectivity index (χ2v) is 20.2. The molecule has 7 rings (SSSR count). The highest BCUT2D eigenvalue weighted by Crippen LogP contribution is 2.76. The van der Waals surface area contributed by atoms with Crippen LogP contribution in [0.3, 0.4) is 0 Å². The Bertz CT molecular complexity index is 1410. The fourth-order valence-electron chi connectivity index (χ4n) is 13.3. The van der Waals surface area contributed by atoms with Crippen molar-refractivity contribution in [3.05, 3.63) is 11.6 Å². The van der Waals surface area contributed by atoms with E-state index in [-0.39, 0.29) is 45.7 Å². The summed E-state index contributed by atoms with van der Waals surface area (Å²) in [5, 5.41) is 63.8. The van der Waals surface area contributed by atoms with E-state index in [1.165, 1.54) is 5.57 Å². The summed E-state index contributed by atoms with van der Waals surface area (Å²) < 4.78 is 24.0. The molecule has 2 aliphatic heterocycles. The summed E-state index contributed by atoms with van der Waals surface area (Å²) in [7, 11) is 0. The zero-order chi connectivity index (χ0) is 38.0. The Morgan fingerprint density at radius 2 is 1.48 bits per heavy atom. The van der Waals surface area contributed by atoms with E-state index in [0.717, 1.165) is 64.2 Å².